The molecule has 3 rings (SSSR count). The van der Waals surface area contributed by atoms with Gasteiger partial charge in [-0.25, -0.2) is 4.39 Å². The van der Waals surface area contributed by atoms with Crippen molar-refractivity contribution in [3.63, 3.8) is 0 Å². The van der Waals surface area contributed by atoms with E-state index in [1.807, 2.05) is 0 Å². The highest BCUT2D eigenvalue weighted by Crippen LogP contribution is 2.37. The smallest absolute Gasteiger partial charge is 0.183 e. The summed E-state index contributed by atoms with van der Waals surface area (Å²) in [7, 11) is 1.52. The van der Waals surface area contributed by atoms with Crippen LogP contribution in [0.3, 0.4) is 0 Å². The first-order chi connectivity index (χ1) is 11.4. The van der Waals surface area contributed by atoms with Crippen LogP contribution in [0.1, 0.15) is 26.3 Å². The summed E-state index contributed by atoms with van der Waals surface area (Å²) in [5.74, 6) is 0.0748. The van der Waals surface area contributed by atoms with Crippen molar-refractivity contribution < 1.29 is 13.9 Å². The third-order valence-electron chi connectivity index (χ3n) is 4.01. The van der Waals surface area contributed by atoms with Crippen LogP contribution in [-0.2, 0) is 0 Å². The molecule has 0 fully saturated rings. The number of hydrogen-bond donors (Lipinski definition) is 1. The van der Waals surface area contributed by atoms with Crippen LogP contribution in [0.2, 0.25) is 5.02 Å². The lowest BCUT2D eigenvalue weighted by Crippen LogP contribution is -2.08. The molecule has 0 spiro atoms. The molecule has 0 aliphatic rings. The number of H-pyrrole nitrogens is 1. The lowest BCUT2D eigenvalue weighted by molar-refractivity contribution is 0.0992. The van der Waals surface area contributed by atoms with Crippen LogP contribution in [0.5, 0.6) is 5.75 Å². The second-order valence-electron chi connectivity index (χ2n) is 5.41. The molecule has 1 unspecified atom stereocenters. The lowest BCUT2D eigenvalue weighted by Gasteiger charge is -2.13. The monoisotopic (exact) mass is 409 g/mol. The molecule has 2 aromatic carbocycles. The average molecular weight is 411 g/mol. The van der Waals surface area contributed by atoms with E-state index in [1.165, 1.54) is 13.2 Å². The van der Waals surface area contributed by atoms with Crippen molar-refractivity contribution in [1.29, 1.82) is 0 Å². The molecule has 0 aliphatic carbocycles. The highest BCUT2D eigenvalue weighted by atomic mass is 79.9. The fourth-order valence-electron chi connectivity index (χ4n) is 2.69. The van der Waals surface area contributed by atoms with Gasteiger partial charge in [0.1, 0.15) is 16.4 Å². The molecular formula is C18H14BrClFNO2. The predicted molar refractivity (Wildman–Crippen MR) is 97.0 cm³/mol. The molecule has 0 aliphatic heterocycles. The average Bonchev–Trinajstić information content (AvgIpc) is 3.01. The number of carbonyl (C=O) groups excluding carboxylic acids is 1. The Balaban J connectivity index is 2.05. The minimum Gasteiger partial charge on any atom is -0.496 e. The van der Waals surface area contributed by atoms with Crippen molar-refractivity contribution in [3.05, 3.63) is 64.1 Å². The SMILES string of the molecule is COc1cc(Cl)ccc1C(Br)C(=O)c1c[nH]c2c(C)c(F)ccc12. The van der Waals surface area contributed by atoms with Crippen LogP contribution in [0.4, 0.5) is 4.39 Å². The molecule has 0 bridgehead atoms. The molecule has 3 aromatic rings. The fraction of sp³-hybridized carbons (Fsp3) is 0.167. The molecule has 6 heteroatoms. The number of methoxy groups -OCH3 is 1. The van der Waals surface area contributed by atoms with E-state index in [0.717, 1.165) is 0 Å². The van der Waals surface area contributed by atoms with E-state index in [9.17, 15) is 9.18 Å². The molecule has 1 N–H and O–H groups in total. The number of aromatic amines is 1. The number of rotatable bonds is 4. The summed E-state index contributed by atoms with van der Waals surface area (Å²) in [6.45, 7) is 1.68. The third kappa shape index (κ3) is 2.82. The Morgan fingerprint density at radius 1 is 1.33 bits per heavy atom. The summed E-state index contributed by atoms with van der Waals surface area (Å²) in [5.41, 5.74) is 2.29. The molecule has 1 aromatic heterocycles. The number of halogens is 3. The number of nitrogens with one attached hydrogen (secondary N) is 1. The summed E-state index contributed by atoms with van der Waals surface area (Å²) in [5, 5.41) is 1.22. The number of benzene rings is 2. The number of ketones is 1. The fourth-order valence-corrected chi connectivity index (χ4v) is 3.48. The molecular weight excluding hydrogens is 397 g/mol. The highest BCUT2D eigenvalue weighted by molar-refractivity contribution is 9.09. The Kier molecular flexibility index (Phi) is 4.65. The van der Waals surface area contributed by atoms with E-state index < -0.39 is 4.83 Å². The van der Waals surface area contributed by atoms with Gasteiger partial charge in [0.2, 0.25) is 0 Å². The van der Waals surface area contributed by atoms with Gasteiger partial charge in [0.25, 0.3) is 0 Å². The molecule has 1 heterocycles. The van der Waals surface area contributed by atoms with E-state index >= 15 is 0 Å². The van der Waals surface area contributed by atoms with Gasteiger partial charge < -0.3 is 9.72 Å². The van der Waals surface area contributed by atoms with Gasteiger partial charge in [0.15, 0.2) is 5.78 Å². The van der Waals surface area contributed by atoms with Crippen molar-refractivity contribution in [2.24, 2.45) is 0 Å². The van der Waals surface area contributed by atoms with E-state index in [4.69, 9.17) is 16.3 Å². The number of carbonyl (C=O) groups is 1. The summed E-state index contributed by atoms with van der Waals surface area (Å²) < 4.78 is 19.0. The zero-order valence-electron chi connectivity index (χ0n) is 13.0. The molecule has 0 saturated carbocycles. The standard InChI is InChI=1S/C18H14BrClFNO2/c1-9-14(21)6-5-11-13(8-22-17(9)11)18(23)16(19)12-4-3-10(20)7-15(12)24-2/h3-8,16,22H,1-2H3. The number of ether oxygens (including phenoxy) is 1. The van der Waals surface area contributed by atoms with E-state index in [2.05, 4.69) is 20.9 Å². The van der Waals surface area contributed by atoms with Crippen LogP contribution >= 0.6 is 27.5 Å². The maximum Gasteiger partial charge on any atom is 0.183 e. The first-order valence-corrected chi connectivity index (χ1v) is 8.51. The molecule has 1 atom stereocenters. The van der Waals surface area contributed by atoms with Gasteiger partial charge in [-0.3, -0.25) is 4.79 Å². The third-order valence-corrected chi connectivity index (χ3v) is 5.16. The van der Waals surface area contributed by atoms with Crippen LogP contribution in [0.15, 0.2) is 36.5 Å². The van der Waals surface area contributed by atoms with Crippen LogP contribution < -0.4 is 4.74 Å². The van der Waals surface area contributed by atoms with E-state index in [1.54, 1.807) is 37.4 Å². The van der Waals surface area contributed by atoms with Crippen molar-refractivity contribution in [1.82, 2.24) is 4.98 Å². The zero-order valence-corrected chi connectivity index (χ0v) is 15.3. The zero-order chi connectivity index (χ0) is 17.4. The van der Waals surface area contributed by atoms with Crippen LogP contribution in [0.25, 0.3) is 10.9 Å². The predicted octanol–water partition coefficient (Wildman–Crippen LogP) is 5.60. The summed E-state index contributed by atoms with van der Waals surface area (Å²) in [6.07, 6.45) is 1.61. The summed E-state index contributed by atoms with van der Waals surface area (Å²) in [4.78, 5) is 15.3. The first-order valence-electron chi connectivity index (χ1n) is 7.22. The van der Waals surface area contributed by atoms with Gasteiger partial charge in [0, 0.05) is 33.3 Å². The second kappa shape index (κ2) is 6.57. The van der Waals surface area contributed by atoms with Crippen LogP contribution in [-0.4, -0.2) is 17.9 Å². The normalized spacial score (nSPS) is 12.4. The van der Waals surface area contributed by atoms with Gasteiger partial charge >= 0.3 is 0 Å². The quantitative estimate of drug-likeness (QED) is 0.449. The maximum atomic E-state index is 13.7. The van der Waals surface area contributed by atoms with Crippen molar-refractivity contribution in [3.8, 4) is 5.75 Å². The van der Waals surface area contributed by atoms with Gasteiger partial charge in [-0.15, -0.1) is 0 Å². The number of aromatic nitrogens is 1. The molecule has 0 radical (unpaired) electrons. The molecule has 24 heavy (non-hydrogen) atoms. The van der Waals surface area contributed by atoms with Crippen molar-refractivity contribution >= 4 is 44.2 Å². The number of fused-ring (bicyclic) bond motifs is 1. The molecule has 0 amide bonds. The van der Waals surface area contributed by atoms with Crippen LogP contribution in [0, 0.1) is 12.7 Å². The summed E-state index contributed by atoms with van der Waals surface area (Å²) >= 11 is 9.42. The number of alkyl halides is 1. The minimum absolute atomic E-state index is 0.145. The first kappa shape index (κ1) is 17.0. The van der Waals surface area contributed by atoms with Crippen molar-refractivity contribution in [2.45, 2.75) is 11.8 Å². The van der Waals surface area contributed by atoms with E-state index in [-0.39, 0.29) is 11.6 Å². The van der Waals surface area contributed by atoms with E-state index in [0.29, 0.717) is 38.4 Å². The minimum atomic E-state index is -0.603. The highest BCUT2D eigenvalue weighted by Gasteiger charge is 2.25. The molecule has 0 saturated heterocycles. The van der Waals surface area contributed by atoms with Gasteiger partial charge in [0.05, 0.1) is 12.6 Å². The Morgan fingerprint density at radius 3 is 2.79 bits per heavy atom. The van der Waals surface area contributed by atoms with Crippen molar-refractivity contribution in [2.75, 3.05) is 7.11 Å². The topological polar surface area (TPSA) is 42.1 Å². The second-order valence-corrected chi connectivity index (χ2v) is 6.76. The largest absolute Gasteiger partial charge is 0.496 e. The Labute approximate surface area is 151 Å². The van der Waals surface area contributed by atoms with Gasteiger partial charge in [-0.05, 0) is 31.2 Å². The summed E-state index contributed by atoms with van der Waals surface area (Å²) in [6, 6.07) is 8.09. The lowest BCUT2D eigenvalue weighted by atomic mass is 10.0. The van der Waals surface area contributed by atoms with Gasteiger partial charge in [-0.1, -0.05) is 33.6 Å². The molecule has 3 nitrogen and oxygen atoms in total. The molecule has 124 valence electrons. The Hall–Kier alpha value is -1.85. The van der Waals surface area contributed by atoms with Gasteiger partial charge in [-0.2, -0.15) is 0 Å². The number of aryl methyl sites for hydroxylation is 1. The number of Topliss-reactive ketones (excluding diaryl/α,β-unsaturated/α-hetero) is 1. The Morgan fingerprint density at radius 2 is 2.08 bits per heavy atom. The Bertz CT molecular complexity index is 938. The number of hydrogen-bond acceptors (Lipinski definition) is 2. The maximum absolute atomic E-state index is 13.7.